The Labute approximate surface area is 132 Å². The van der Waals surface area contributed by atoms with E-state index in [-0.39, 0.29) is 30.3 Å². The highest BCUT2D eigenvalue weighted by Gasteiger charge is 2.34. The summed E-state index contributed by atoms with van der Waals surface area (Å²) >= 11 is 0. The molecule has 120 valence electrons. The number of hydrogen-bond acceptors (Lipinski definition) is 5. The predicted octanol–water partition coefficient (Wildman–Crippen LogP) is 1.96. The van der Waals surface area contributed by atoms with E-state index in [1.807, 2.05) is 11.9 Å². The van der Waals surface area contributed by atoms with E-state index < -0.39 is 0 Å². The van der Waals surface area contributed by atoms with Crippen molar-refractivity contribution < 1.29 is 9.32 Å². The van der Waals surface area contributed by atoms with Gasteiger partial charge in [-0.15, -0.1) is 12.4 Å². The van der Waals surface area contributed by atoms with Crippen LogP contribution in [0.2, 0.25) is 0 Å². The summed E-state index contributed by atoms with van der Waals surface area (Å²) in [6, 6.07) is 0.197. The first-order chi connectivity index (χ1) is 9.52. The lowest BCUT2D eigenvalue weighted by Crippen LogP contribution is -2.33. The maximum atomic E-state index is 12.0. The lowest BCUT2D eigenvalue weighted by atomic mass is 10.0. The molecule has 1 fully saturated rings. The second-order valence-corrected chi connectivity index (χ2v) is 5.82. The van der Waals surface area contributed by atoms with E-state index in [0.717, 1.165) is 19.4 Å². The largest absolute Gasteiger partial charge is 0.337 e. The Morgan fingerprint density at radius 2 is 2.10 bits per heavy atom. The number of rotatable bonds is 6. The van der Waals surface area contributed by atoms with Gasteiger partial charge in [-0.25, -0.2) is 0 Å². The highest BCUT2D eigenvalue weighted by molar-refractivity contribution is 5.85. The van der Waals surface area contributed by atoms with E-state index in [1.165, 1.54) is 0 Å². The lowest BCUT2D eigenvalue weighted by Gasteiger charge is -2.27. The van der Waals surface area contributed by atoms with Crippen LogP contribution >= 0.6 is 12.4 Å². The van der Waals surface area contributed by atoms with Crippen molar-refractivity contribution in [3.8, 4) is 0 Å². The summed E-state index contributed by atoms with van der Waals surface area (Å²) in [6.07, 6.45) is 2.26. The van der Waals surface area contributed by atoms with Gasteiger partial charge in [0, 0.05) is 25.4 Å². The monoisotopic (exact) mass is 316 g/mol. The number of halogens is 1. The Kier molecular flexibility index (Phi) is 6.61. The summed E-state index contributed by atoms with van der Waals surface area (Å²) in [5, 5.41) is 7.19. The van der Waals surface area contributed by atoms with E-state index in [1.54, 1.807) is 0 Å². The van der Waals surface area contributed by atoms with Gasteiger partial charge in [0.05, 0.1) is 0 Å². The van der Waals surface area contributed by atoms with Crippen LogP contribution in [0.3, 0.4) is 0 Å². The number of carbonyl (C=O) groups is 1. The van der Waals surface area contributed by atoms with Crippen molar-refractivity contribution in [2.45, 2.75) is 52.1 Å². The molecule has 0 bridgehead atoms. The highest BCUT2D eigenvalue weighted by atomic mass is 35.5. The first kappa shape index (κ1) is 17.9. The van der Waals surface area contributed by atoms with Crippen LogP contribution in [0, 0.1) is 5.92 Å². The van der Waals surface area contributed by atoms with Crippen molar-refractivity contribution in [3.63, 3.8) is 0 Å². The normalized spacial score (nSPS) is 18.0. The molecule has 6 nitrogen and oxygen atoms in total. The number of nitrogens with zero attached hydrogens (tertiary/aromatic N) is 3. The molecule has 0 saturated carbocycles. The molecule has 2 atom stereocenters. The molecule has 0 spiro atoms. The number of aromatic nitrogens is 2. The summed E-state index contributed by atoms with van der Waals surface area (Å²) in [5.74, 6) is 1.70. The SMILES string of the molecule is CNC(C)Cc1noc(C(C(C)C)N2CCCC2=O)n1.Cl. The van der Waals surface area contributed by atoms with E-state index in [2.05, 4.69) is 36.2 Å². The van der Waals surface area contributed by atoms with Crippen molar-refractivity contribution in [2.24, 2.45) is 5.92 Å². The summed E-state index contributed by atoms with van der Waals surface area (Å²) in [6.45, 7) is 7.01. The molecule has 2 heterocycles. The van der Waals surface area contributed by atoms with Gasteiger partial charge in [-0.2, -0.15) is 4.98 Å². The van der Waals surface area contributed by atoms with Crippen LogP contribution in [0.15, 0.2) is 4.52 Å². The van der Waals surface area contributed by atoms with Gasteiger partial charge in [0.2, 0.25) is 11.8 Å². The molecule has 1 aromatic rings. The Balaban J connectivity index is 0.00000220. The van der Waals surface area contributed by atoms with Crippen LogP contribution in [0.25, 0.3) is 0 Å². The Hall–Kier alpha value is -1.14. The molecule has 0 aliphatic carbocycles. The number of amides is 1. The average molecular weight is 317 g/mol. The van der Waals surface area contributed by atoms with E-state index >= 15 is 0 Å². The molecule has 0 radical (unpaired) electrons. The zero-order valence-electron chi connectivity index (χ0n) is 13.1. The average Bonchev–Trinajstić information content (AvgIpc) is 3.00. The third-order valence-corrected chi connectivity index (χ3v) is 3.80. The van der Waals surface area contributed by atoms with Crippen molar-refractivity contribution in [2.75, 3.05) is 13.6 Å². The van der Waals surface area contributed by atoms with Crippen molar-refractivity contribution in [3.05, 3.63) is 11.7 Å². The Morgan fingerprint density at radius 1 is 1.38 bits per heavy atom. The number of likely N-dealkylation sites (tertiary alicyclic amines) is 1. The molecular weight excluding hydrogens is 292 g/mol. The van der Waals surface area contributed by atoms with E-state index in [4.69, 9.17) is 4.52 Å². The molecule has 7 heteroatoms. The van der Waals surface area contributed by atoms with Gasteiger partial charge in [-0.3, -0.25) is 4.79 Å². The van der Waals surface area contributed by atoms with Crippen LogP contribution in [-0.2, 0) is 11.2 Å². The smallest absolute Gasteiger partial charge is 0.249 e. The maximum absolute atomic E-state index is 12.0. The molecule has 1 aliphatic heterocycles. The van der Waals surface area contributed by atoms with Crippen molar-refractivity contribution in [1.29, 1.82) is 0 Å². The standard InChI is InChI=1S/C14H24N4O2.ClH/c1-9(2)13(18-7-5-6-12(18)19)14-16-11(17-20-14)8-10(3)15-4;/h9-10,13,15H,5-8H2,1-4H3;1H. The number of nitrogens with one attached hydrogen (secondary N) is 1. The number of hydrogen-bond donors (Lipinski definition) is 1. The van der Waals surface area contributed by atoms with Gasteiger partial charge in [0.25, 0.3) is 0 Å². The maximum Gasteiger partial charge on any atom is 0.249 e. The quantitative estimate of drug-likeness (QED) is 0.868. The number of carbonyl (C=O) groups excluding carboxylic acids is 1. The molecule has 2 rings (SSSR count). The second-order valence-electron chi connectivity index (χ2n) is 5.82. The summed E-state index contributed by atoms with van der Waals surface area (Å²) in [7, 11) is 1.91. The lowest BCUT2D eigenvalue weighted by molar-refractivity contribution is -0.131. The highest BCUT2D eigenvalue weighted by Crippen LogP contribution is 2.31. The molecule has 1 aliphatic rings. The molecule has 1 aromatic heterocycles. The van der Waals surface area contributed by atoms with Gasteiger partial charge >= 0.3 is 0 Å². The Morgan fingerprint density at radius 3 is 2.62 bits per heavy atom. The zero-order chi connectivity index (χ0) is 14.7. The molecule has 0 aromatic carbocycles. The molecule has 1 saturated heterocycles. The van der Waals surface area contributed by atoms with E-state index in [9.17, 15) is 4.79 Å². The summed E-state index contributed by atoms with van der Waals surface area (Å²) in [4.78, 5) is 18.3. The van der Waals surface area contributed by atoms with Crippen LogP contribution in [0.5, 0.6) is 0 Å². The number of likely N-dealkylation sites (N-methyl/N-ethyl adjacent to an activating group) is 1. The molecule has 21 heavy (non-hydrogen) atoms. The Bertz CT molecular complexity index is 464. The van der Waals surface area contributed by atoms with E-state index in [0.29, 0.717) is 24.2 Å². The summed E-state index contributed by atoms with van der Waals surface area (Å²) in [5.41, 5.74) is 0. The minimum absolute atomic E-state index is 0. The van der Waals surface area contributed by atoms with Crippen LogP contribution in [-0.4, -0.2) is 40.6 Å². The van der Waals surface area contributed by atoms with Crippen LogP contribution in [0.1, 0.15) is 51.4 Å². The fourth-order valence-electron chi connectivity index (χ4n) is 2.59. The first-order valence-electron chi connectivity index (χ1n) is 7.32. The van der Waals surface area contributed by atoms with Gasteiger partial charge in [-0.1, -0.05) is 19.0 Å². The topological polar surface area (TPSA) is 71.3 Å². The zero-order valence-corrected chi connectivity index (χ0v) is 13.9. The van der Waals surface area contributed by atoms with Gasteiger partial charge < -0.3 is 14.7 Å². The molecular formula is C14H25ClN4O2. The van der Waals surface area contributed by atoms with Gasteiger partial charge in [-0.05, 0) is 26.3 Å². The predicted molar refractivity (Wildman–Crippen MR) is 82.3 cm³/mol. The minimum atomic E-state index is -0.101. The van der Waals surface area contributed by atoms with Gasteiger partial charge in [0.15, 0.2) is 5.82 Å². The minimum Gasteiger partial charge on any atom is -0.337 e. The molecule has 1 N–H and O–H groups in total. The molecule has 2 unspecified atom stereocenters. The first-order valence-corrected chi connectivity index (χ1v) is 7.32. The van der Waals surface area contributed by atoms with Crippen molar-refractivity contribution in [1.82, 2.24) is 20.4 Å². The van der Waals surface area contributed by atoms with Crippen molar-refractivity contribution >= 4 is 18.3 Å². The fraction of sp³-hybridized carbons (Fsp3) is 0.786. The third kappa shape index (κ3) is 4.17. The van der Waals surface area contributed by atoms with Gasteiger partial charge in [0.1, 0.15) is 6.04 Å². The second kappa shape index (κ2) is 7.75. The molecule has 1 amide bonds. The fourth-order valence-corrected chi connectivity index (χ4v) is 2.59. The van der Waals surface area contributed by atoms with Crippen LogP contribution < -0.4 is 5.32 Å². The summed E-state index contributed by atoms with van der Waals surface area (Å²) < 4.78 is 5.41. The van der Waals surface area contributed by atoms with Crippen LogP contribution in [0.4, 0.5) is 0 Å². The third-order valence-electron chi connectivity index (χ3n) is 3.80.